The Labute approximate surface area is 100.0 Å². The molecule has 1 aliphatic heterocycles. The standard InChI is InChI=1S/C12H16N2OS/c15-12-11(13-6-7-14-12)9-16-8-10-4-2-1-3-5-10/h1-5,11,13H,6-9H2,(H,14,15). The Hall–Kier alpha value is -1.00. The van der Waals surface area contributed by atoms with Gasteiger partial charge in [-0.05, 0) is 5.56 Å². The fourth-order valence-electron chi connectivity index (χ4n) is 1.65. The maximum absolute atomic E-state index is 11.4. The topological polar surface area (TPSA) is 41.1 Å². The van der Waals surface area contributed by atoms with Gasteiger partial charge in [-0.15, -0.1) is 0 Å². The lowest BCUT2D eigenvalue weighted by Crippen LogP contribution is -2.54. The monoisotopic (exact) mass is 236 g/mol. The van der Waals surface area contributed by atoms with Gasteiger partial charge in [-0.3, -0.25) is 4.79 Å². The van der Waals surface area contributed by atoms with Gasteiger partial charge in [-0.1, -0.05) is 30.3 Å². The van der Waals surface area contributed by atoms with Crippen LogP contribution in [0.1, 0.15) is 5.56 Å². The molecule has 3 nitrogen and oxygen atoms in total. The second-order valence-corrected chi connectivity index (χ2v) is 4.83. The van der Waals surface area contributed by atoms with E-state index in [1.54, 1.807) is 11.8 Å². The van der Waals surface area contributed by atoms with Crippen molar-refractivity contribution in [3.05, 3.63) is 35.9 Å². The summed E-state index contributed by atoms with van der Waals surface area (Å²) in [6.45, 7) is 1.63. The molecule has 16 heavy (non-hydrogen) atoms. The molecule has 0 spiro atoms. The number of carbonyl (C=O) groups excluding carboxylic acids is 1. The van der Waals surface area contributed by atoms with Crippen molar-refractivity contribution in [3.63, 3.8) is 0 Å². The van der Waals surface area contributed by atoms with Gasteiger partial charge in [0, 0.05) is 24.6 Å². The number of carbonyl (C=O) groups is 1. The zero-order valence-electron chi connectivity index (χ0n) is 9.11. The van der Waals surface area contributed by atoms with Gasteiger partial charge in [0.2, 0.25) is 5.91 Å². The third kappa shape index (κ3) is 3.25. The summed E-state index contributed by atoms with van der Waals surface area (Å²) in [7, 11) is 0. The van der Waals surface area contributed by atoms with Crippen molar-refractivity contribution in [3.8, 4) is 0 Å². The van der Waals surface area contributed by atoms with Crippen LogP contribution < -0.4 is 10.6 Å². The van der Waals surface area contributed by atoms with Crippen LogP contribution in [0, 0.1) is 0 Å². The van der Waals surface area contributed by atoms with Crippen molar-refractivity contribution < 1.29 is 4.79 Å². The van der Waals surface area contributed by atoms with Gasteiger partial charge in [0.15, 0.2) is 0 Å². The molecule has 1 aromatic carbocycles. The van der Waals surface area contributed by atoms with Crippen molar-refractivity contribution in [1.82, 2.24) is 10.6 Å². The van der Waals surface area contributed by atoms with Gasteiger partial charge >= 0.3 is 0 Å². The van der Waals surface area contributed by atoms with Crippen LogP contribution in [-0.4, -0.2) is 30.8 Å². The van der Waals surface area contributed by atoms with E-state index in [9.17, 15) is 4.79 Å². The van der Waals surface area contributed by atoms with E-state index in [2.05, 4.69) is 22.8 Å². The highest BCUT2D eigenvalue weighted by molar-refractivity contribution is 7.98. The Bertz CT molecular complexity index is 342. The van der Waals surface area contributed by atoms with Crippen molar-refractivity contribution in [2.75, 3.05) is 18.8 Å². The molecule has 1 atom stereocenters. The first-order valence-electron chi connectivity index (χ1n) is 5.49. The van der Waals surface area contributed by atoms with Crippen molar-refractivity contribution in [2.24, 2.45) is 0 Å². The molecule has 2 N–H and O–H groups in total. The summed E-state index contributed by atoms with van der Waals surface area (Å²) in [5.41, 5.74) is 1.31. The average molecular weight is 236 g/mol. The van der Waals surface area contributed by atoms with Gasteiger partial charge < -0.3 is 10.6 Å². The van der Waals surface area contributed by atoms with E-state index in [1.165, 1.54) is 5.56 Å². The number of benzene rings is 1. The molecule has 1 amide bonds. The number of piperazine rings is 1. The highest BCUT2D eigenvalue weighted by Gasteiger charge is 2.20. The van der Waals surface area contributed by atoms with E-state index >= 15 is 0 Å². The molecule has 0 saturated carbocycles. The molecular formula is C12H16N2OS. The summed E-state index contributed by atoms with van der Waals surface area (Å²) in [4.78, 5) is 11.4. The van der Waals surface area contributed by atoms with Gasteiger partial charge in [0.05, 0.1) is 6.04 Å². The van der Waals surface area contributed by atoms with Crippen LogP contribution in [0.3, 0.4) is 0 Å². The Morgan fingerprint density at radius 2 is 2.06 bits per heavy atom. The fourth-order valence-corrected chi connectivity index (χ4v) is 2.70. The Morgan fingerprint density at radius 3 is 2.81 bits per heavy atom. The van der Waals surface area contributed by atoms with Crippen LogP contribution in [0.15, 0.2) is 30.3 Å². The molecule has 1 fully saturated rings. The molecule has 2 rings (SSSR count). The van der Waals surface area contributed by atoms with Crippen LogP contribution in [-0.2, 0) is 10.5 Å². The summed E-state index contributed by atoms with van der Waals surface area (Å²) in [6, 6.07) is 10.3. The molecule has 86 valence electrons. The summed E-state index contributed by atoms with van der Waals surface area (Å²) in [6.07, 6.45) is 0. The largest absolute Gasteiger partial charge is 0.353 e. The summed E-state index contributed by atoms with van der Waals surface area (Å²) >= 11 is 1.79. The second kappa shape index (κ2) is 5.92. The minimum Gasteiger partial charge on any atom is -0.353 e. The zero-order chi connectivity index (χ0) is 11.2. The number of amides is 1. The summed E-state index contributed by atoms with van der Waals surface area (Å²) in [5.74, 6) is 1.93. The molecule has 1 unspecified atom stereocenters. The molecule has 1 aromatic rings. The minimum absolute atomic E-state index is 0.0255. The van der Waals surface area contributed by atoms with Crippen LogP contribution in [0.5, 0.6) is 0 Å². The highest BCUT2D eigenvalue weighted by Crippen LogP contribution is 2.13. The zero-order valence-corrected chi connectivity index (χ0v) is 9.93. The average Bonchev–Trinajstić information content (AvgIpc) is 2.33. The number of hydrogen-bond donors (Lipinski definition) is 2. The lowest BCUT2D eigenvalue weighted by molar-refractivity contribution is -0.123. The van der Waals surface area contributed by atoms with Gasteiger partial charge in [0.25, 0.3) is 0 Å². The first-order valence-corrected chi connectivity index (χ1v) is 6.64. The quantitative estimate of drug-likeness (QED) is 0.819. The van der Waals surface area contributed by atoms with Gasteiger partial charge in [-0.2, -0.15) is 11.8 Å². The molecule has 1 heterocycles. The molecule has 4 heteroatoms. The first kappa shape index (κ1) is 11.5. The third-order valence-corrected chi connectivity index (χ3v) is 3.63. The highest BCUT2D eigenvalue weighted by atomic mass is 32.2. The normalized spacial score (nSPS) is 20.5. The Kier molecular flexibility index (Phi) is 4.25. The van der Waals surface area contributed by atoms with E-state index in [-0.39, 0.29) is 11.9 Å². The van der Waals surface area contributed by atoms with E-state index in [1.807, 2.05) is 18.2 Å². The second-order valence-electron chi connectivity index (χ2n) is 3.80. The summed E-state index contributed by atoms with van der Waals surface area (Å²) in [5, 5.41) is 6.09. The van der Waals surface area contributed by atoms with Gasteiger partial charge in [0.1, 0.15) is 0 Å². The predicted molar refractivity (Wildman–Crippen MR) is 67.4 cm³/mol. The van der Waals surface area contributed by atoms with E-state index in [0.717, 1.165) is 24.6 Å². The lowest BCUT2D eigenvalue weighted by atomic mass is 10.2. The minimum atomic E-state index is -0.0255. The number of rotatable bonds is 4. The third-order valence-electron chi connectivity index (χ3n) is 2.53. The fraction of sp³-hybridized carbons (Fsp3) is 0.417. The predicted octanol–water partition coefficient (Wildman–Crippen LogP) is 1.01. The first-order chi connectivity index (χ1) is 7.86. The number of hydrogen-bond acceptors (Lipinski definition) is 3. The van der Waals surface area contributed by atoms with Crippen molar-refractivity contribution >= 4 is 17.7 Å². The lowest BCUT2D eigenvalue weighted by Gasteiger charge is -2.22. The van der Waals surface area contributed by atoms with Crippen molar-refractivity contribution in [2.45, 2.75) is 11.8 Å². The van der Waals surface area contributed by atoms with E-state index < -0.39 is 0 Å². The van der Waals surface area contributed by atoms with Crippen LogP contribution >= 0.6 is 11.8 Å². The SMILES string of the molecule is O=C1NCCNC1CSCc1ccccc1. The van der Waals surface area contributed by atoms with E-state index in [0.29, 0.717) is 0 Å². The number of nitrogens with one attached hydrogen (secondary N) is 2. The Morgan fingerprint density at radius 1 is 1.25 bits per heavy atom. The number of thioether (sulfide) groups is 1. The smallest absolute Gasteiger partial charge is 0.238 e. The molecule has 1 aliphatic rings. The van der Waals surface area contributed by atoms with Gasteiger partial charge in [-0.25, -0.2) is 0 Å². The maximum atomic E-state index is 11.4. The Balaban J connectivity index is 1.73. The van der Waals surface area contributed by atoms with Crippen LogP contribution in [0.4, 0.5) is 0 Å². The van der Waals surface area contributed by atoms with E-state index in [4.69, 9.17) is 0 Å². The molecule has 0 aliphatic carbocycles. The van der Waals surface area contributed by atoms with Crippen molar-refractivity contribution in [1.29, 1.82) is 0 Å². The molecule has 1 saturated heterocycles. The maximum Gasteiger partial charge on any atom is 0.238 e. The summed E-state index contributed by atoms with van der Waals surface area (Å²) < 4.78 is 0. The molecule has 0 aromatic heterocycles. The molecule has 0 radical (unpaired) electrons. The van der Waals surface area contributed by atoms with Crippen LogP contribution in [0.2, 0.25) is 0 Å². The molecule has 0 bridgehead atoms. The molecular weight excluding hydrogens is 220 g/mol. The van der Waals surface area contributed by atoms with Crippen LogP contribution in [0.25, 0.3) is 0 Å².